The lowest BCUT2D eigenvalue weighted by Crippen LogP contribution is -2.08. The number of benzene rings is 1. The van der Waals surface area contributed by atoms with E-state index in [1.54, 1.807) is 6.20 Å². The molecule has 0 aliphatic carbocycles. The van der Waals surface area contributed by atoms with Crippen LogP contribution in [0.3, 0.4) is 0 Å². The molecule has 4 nitrogen and oxygen atoms in total. The van der Waals surface area contributed by atoms with E-state index in [2.05, 4.69) is 21.4 Å². The first kappa shape index (κ1) is 13.5. The summed E-state index contributed by atoms with van der Waals surface area (Å²) in [5, 5.41) is 3.09. The van der Waals surface area contributed by atoms with Crippen LogP contribution in [-0.4, -0.2) is 17.0 Å². The summed E-state index contributed by atoms with van der Waals surface area (Å²) in [5.41, 5.74) is 4.34. The lowest BCUT2D eigenvalue weighted by molar-refractivity contribution is 0.438. The molecule has 2 rings (SSSR count). The Hall–Kier alpha value is -1.94. The number of nitrogens with zero attached hydrogens (tertiary/aromatic N) is 2. The van der Waals surface area contributed by atoms with Crippen LogP contribution in [-0.2, 0) is 6.54 Å². The topological polar surface area (TPSA) is 47.0 Å². The molecule has 100 valence electrons. The quantitative estimate of drug-likeness (QED) is 0.914. The summed E-state index contributed by atoms with van der Waals surface area (Å²) in [5.74, 6) is 0.776. The Kier molecular flexibility index (Phi) is 4.12. The van der Waals surface area contributed by atoms with Crippen molar-refractivity contribution in [3.8, 4) is 11.8 Å². The first-order valence-corrected chi connectivity index (χ1v) is 6.32. The molecule has 1 N–H and O–H groups in total. The highest BCUT2D eigenvalue weighted by Gasteiger charge is 2.05. The number of nitrogens with one attached hydrogen (secondary N) is 1. The van der Waals surface area contributed by atoms with Crippen molar-refractivity contribution >= 4 is 0 Å². The summed E-state index contributed by atoms with van der Waals surface area (Å²) in [6.07, 6.45) is 1.80. The summed E-state index contributed by atoms with van der Waals surface area (Å²) in [6, 6.07) is 6.46. The maximum Gasteiger partial charge on any atom is 0.322 e. The van der Waals surface area contributed by atoms with E-state index in [0.29, 0.717) is 6.01 Å². The molecular weight excluding hydrogens is 238 g/mol. The van der Waals surface area contributed by atoms with Crippen molar-refractivity contribution in [1.29, 1.82) is 0 Å². The van der Waals surface area contributed by atoms with Gasteiger partial charge in [0.2, 0.25) is 0 Å². The van der Waals surface area contributed by atoms with Crippen molar-refractivity contribution in [3.63, 3.8) is 0 Å². The zero-order valence-corrected chi connectivity index (χ0v) is 11.8. The van der Waals surface area contributed by atoms with E-state index in [4.69, 9.17) is 4.74 Å². The first-order chi connectivity index (χ1) is 9.08. The summed E-state index contributed by atoms with van der Waals surface area (Å²) in [6.45, 7) is 6.81. The predicted octanol–water partition coefficient (Wildman–Crippen LogP) is 2.91. The van der Waals surface area contributed by atoms with Crippen molar-refractivity contribution in [2.75, 3.05) is 7.05 Å². The van der Waals surface area contributed by atoms with Crippen LogP contribution >= 0.6 is 0 Å². The number of hydrogen-bond acceptors (Lipinski definition) is 4. The van der Waals surface area contributed by atoms with E-state index < -0.39 is 0 Å². The molecule has 4 heteroatoms. The van der Waals surface area contributed by atoms with Crippen LogP contribution in [0.1, 0.15) is 22.4 Å². The van der Waals surface area contributed by atoms with Crippen LogP contribution < -0.4 is 10.1 Å². The Morgan fingerprint density at radius 1 is 1.11 bits per heavy atom. The van der Waals surface area contributed by atoms with Gasteiger partial charge >= 0.3 is 6.01 Å². The molecule has 0 amide bonds. The van der Waals surface area contributed by atoms with Gasteiger partial charge in [0.15, 0.2) is 0 Å². The lowest BCUT2D eigenvalue weighted by atomic mass is 10.1. The van der Waals surface area contributed by atoms with Gasteiger partial charge in [-0.2, -0.15) is 4.98 Å². The number of hydrogen-bond donors (Lipinski definition) is 1. The van der Waals surface area contributed by atoms with Gasteiger partial charge in [-0.15, -0.1) is 0 Å². The van der Waals surface area contributed by atoms with E-state index in [0.717, 1.165) is 23.6 Å². The minimum Gasteiger partial charge on any atom is -0.424 e. The fraction of sp³-hybridized carbons (Fsp3) is 0.333. The van der Waals surface area contributed by atoms with Gasteiger partial charge in [0.1, 0.15) is 5.75 Å². The molecule has 1 aromatic heterocycles. The molecule has 0 unspecified atom stereocenters. The minimum atomic E-state index is 0.391. The molecule has 0 atom stereocenters. The Balaban J connectivity index is 2.21. The Morgan fingerprint density at radius 3 is 2.37 bits per heavy atom. The van der Waals surface area contributed by atoms with Gasteiger partial charge in [-0.1, -0.05) is 6.07 Å². The van der Waals surface area contributed by atoms with Gasteiger partial charge in [-0.25, -0.2) is 4.98 Å². The minimum absolute atomic E-state index is 0.391. The van der Waals surface area contributed by atoms with Gasteiger partial charge in [-0.05, 0) is 51.1 Å². The molecule has 0 spiro atoms. The number of aromatic nitrogens is 2. The average Bonchev–Trinajstić information content (AvgIpc) is 2.31. The van der Waals surface area contributed by atoms with Crippen molar-refractivity contribution in [2.24, 2.45) is 0 Å². The lowest BCUT2D eigenvalue weighted by Gasteiger charge is -2.08. The summed E-state index contributed by atoms with van der Waals surface area (Å²) < 4.78 is 5.71. The molecule has 0 aliphatic heterocycles. The van der Waals surface area contributed by atoms with Crippen LogP contribution in [0.2, 0.25) is 0 Å². The molecule has 0 radical (unpaired) electrons. The van der Waals surface area contributed by atoms with Gasteiger partial charge < -0.3 is 10.1 Å². The highest BCUT2D eigenvalue weighted by atomic mass is 16.5. The number of rotatable bonds is 4. The normalized spacial score (nSPS) is 10.5. The Labute approximate surface area is 113 Å². The maximum absolute atomic E-state index is 5.71. The van der Waals surface area contributed by atoms with Crippen molar-refractivity contribution in [3.05, 3.63) is 46.8 Å². The second-order valence-corrected chi connectivity index (χ2v) is 4.72. The summed E-state index contributed by atoms with van der Waals surface area (Å²) in [7, 11) is 1.90. The second kappa shape index (κ2) is 5.80. The van der Waals surface area contributed by atoms with Crippen LogP contribution in [0.5, 0.6) is 11.8 Å². The third kappa shape index (κ3) is 3.51. The third-order valence-electron chi connectivity index (χ3n) is 2.83. The zero-order chi connectivity index (χ0) is 13.8. The largest absolute Gasteiger partial charge is 0.424 e. The molecule has 2 aromatic rings. The SMILES string of the molecule is CNCc1cnc(Oc2cc(C)cc(C)c2)nc1C. The first-order valence-electron chi connectivity index (χ1n) is 6.32. The van der Waals surface area contributed by atoms with E-state index in [1.165, 1.54) is 11.1 Å². The molecule has 0 fully saturated rings. The van der Waals surface area contributed by atoms with Crippen LogP contribution in [0.4, 0.5) is 0 Å². The zero-order valence-electron chi connectivity index (χ0n) is 11.8. The smallest absolute Gasteiger partial charge is 0.322 e. The van der Waals surface area contributed by atoms with E-state index in [-0.39, 0.29) is 0 Å². The molecule has 0 saturated carbocycles. The van der Waals surface area contributed by atoms with Crippen LogP contribution in [0.25, 0.3) is 0 Å². The third-order valence-corrected chi connectivity index (χ3v) is 2.83. The molecular formula is C15H19N3O. The maximum atomic E-state index is 5.71. The Morgan fingerprint density at radius 2 is 1.79 bits per heavy atom. The van der Waals surface area contributed by atoms with Gasteiger partial charge in [0.05, 0.1) is 0 Å². The number of aryl methyl sites for hydroxylation is 3. The highest BCUT2D eigenvalue weighted by Crippen LogP contribution is 2.21. The van der Waals surface area contributed by atoms with Gasteiger partial charge in [0, 0.05) is 24.0 Å². The molecule has 0 aliphatic rings. The molecule has 19 heavy (non-hydrogen) atoms. The van der Waals surface area contributed by atoms with Crippen LogP contribution in [0.15, 0.2) is 24.4 Å². The van der Waals surface area contributed by atoms with Crippen molar-refractivity contribution in [2.45, 2.75) is 27.3 Å². The van der Waals surface area contributed by atoms with Crippen molar-refractivity contribution < 1.29 is 4.74 Å². The van der Waals surface area contributed by atoms with E-state index in [1.807, 2.05) is 40.0 Å². The highest BCUT2D eigenvalue weighted by molar-refractivity contribution is 5.34. The summed E-state index contributed by atoms with van der Waals surface area (Å²) >= 11 is 0. The molecule has 0 bridgehead atoms. The fourth-order valence-electron chi connectivity index (χ4n) is 1.98. The van der Waals surface area contributed by atoms with Gasteiger partial charge in [0.25, 0.3) is 0 Å². The average molecular weight is 257 g/mol. The van der Waals surface area contributed by atoms with E-state index in [9.17, 15) is 0 Å². The fourth-order valence-corrected chi connectivity index (χ4v) is 1.98. The second-order valence-electron chi connectivity index (χ2n) is 4.72. The van der Waals surface area contributed by atoms with Gasteiger partial charge in [-0.3, -0.25) is 0 Å². The van der Waals surface area contributed by atoms with E-state index >= 15 is 0 Å². The number of ether oxygens (including phenoxy) is 1. The summed E-state index contributed by atoms with van der Waals surface area (Å²) in [4.78, 5) is 8.61. The molecule has 1 heterocycles. The molecule has 1 aromatic carbocycles. The van der Waals surface area contributed by atoms with Crippen LogP contribution in [0, 0.1) is 20.8 Å². The standard InChI is InChI=1S/C15H19N3O/c1-10-5-11(2)7-14(6-10)19-15-17-9-13(8-16-4)12(3)18-15/h5-7,9,16H,8H2,1-4H3. The van der Waals surface area contributed by atoms with Crippen molar-refractivity contribution in [1.82, 2.24) is 15.3 Å². The predicted molar refractivity (Wildman–Crippen MR) is 75.5 cm³/mol. The Bertz CT molecular complexity index is 561. The molecule has 0 saturated heterocycles. The monoisotopic (exact) mass is 257 g/mol.